The standard InChI is InChI=1S/C5H11NO2S/c1-5(9-8-7)3-4-6-2/h3,6-7H,4H2,1-2H3/b5-3+. The van der Waals surface area contributed by atoms with Crippen LogP contribution in [0.4, 0.5) is 0 Å². The molecule has 0 aliphatic heterocycles. The monoisotopic (exact) mass is 149 g/mol. The molecule has 0 heterocycles. The SMILES string of the molecule is CNC/C=C(\C)SOO. The van der Waals surface area contributed by atoms with E-state index in [1.54, 1.807) is 0 Å². The van der Waals surface area contributed by atoms with Crippen LogP contribution in [0.25, 0.3) is 0 Å². The van der Waals surface area contributed by atoms with E-state index in [0.29, 0.717) is 0 Å². The van der Waals surface area contributed by atoms with Gasteiger partial charge in [-0.3, -0.25) is 0 Å². The van der Waals surface area contributed by atoms with Gasteiger partial charge in [-0.15, -0.1) is 0 Å². The van der Waals surface area contributed by atoms with E-state index >= 15 is 0 Å². The molecule has 0 fully saturated rings. The van der Waals surface area contributed by atoms with Gasteiger partial charge in [0.25, 0.3) is 0 Å². The second-order valence-corrected chi connectivity index (χ2v) is 2.49. The molecule has 0 aromatic rings. The quantitative estimate of drug-likeness (QED) is 0.358. The molecule has 0 spiro atoms. The summed E-state index contributed by atoms with van der Waals surface area (Å²) >= 11 is 0.948. The third-order valence-electron chi connectivity index (χ3n) is 0.762. The van der Waals surface area contributed by atoms with Crippen molar-refractivity contribution in [3.63, 3.8) is 0 Å². The fourth-order valence-electron chi connectivity index (χ4n) is 0.339. The first-order valence-electron chi connectivity index (χ1n) is 2.60. The molecule has 3 nitrogen and oxygen atoms in total. The van der Waals surface area contributed by atoms with E-state index in [2.05, 4.69) is 9.65 Å². The molecule has 0 aliphatic carbocycles. The number of likely N-dealkylation sites (N-methyl/N-ethyl adjacent to an activating group) is 1. The molecule has 0 saturated heterocycles. The van der Waals surface area contributed by atoms with Gasteiger partial charge in [0, 0.05) is 11.4 Å². The van der Waals surface area contributed by atoms with Crippen molar-refractivity contribution in [2.75, 3.05) is 13.6 Å². The molecule has 9 heavy (non-hydrogen) atoms. The minimum atomic E-state index is 0.794. The summed E-state index contributed by atoms with van der Waals surface area (Å²) in [5, 5.41) is 10.9. The third-order valence-corrected chi connectivity index (χ3v) is 1.27. The maximum atomic E-state index is 7.94. The highest BCUT2D eigenvalue weighted by molar-refractivity contribution is 7.98. The molecule has 0 bridgehead atoms. The second kappa shape index (κ2) is 6.10. The van der Waals surface area contributed by atoms with Crippen LogP contribution in [0.3, 0.4) is 0 Å². The Morgan fingerprint density at radius 2 is 2.56 bits per heavy atom. The molecular weight excluding hydrogens is 138 g/mol. The maximum Gasteiger partial charge on any atom is 0.0629 e. The highest BCUT2D eigenvalue weighted by atomic mass is 32.2. The van der Waals surface area contributed by atoms with E-state index in [-0.39, 0.29) is 0 Å². The van der Waals surface area contributed by atoms with Crippen LogP contribution in [0.2, 0.25) is 0 Å². The predicted molar refractivity (Wildman–Crippen MR) is 39.0 cm³/mol. The van der Waals surface area contributed by atoms with Crippen LogP contribution in [0.1, 0.15) is 6.92 Å². The fourth-order valence-corrected chi connectivity index (χ4v) is 0.608. The number of nitrogens with one attached hydrogen (secondary N) is 1. The highest BCUT2D eigenvalue weighted by Gasteiger charge is 1.86. The molecule has 0 amide bonds. The molecule has 0 aliphatic rings. The summed E-state index contributed by atoms with van der Waals surface area (Å²) in [6, 6.07) is 0. The number of hydrogen-bond donors (Lipinski definition) is 2. The summed E-state index contributed by atoms with van der Waals surface area (Å²) in [4.78, 5) is 0.937. The number of hydrogen-bond acceptors (Lipinski definition) is 4. The zero-order valence-electron chi connectivity index (χ0n) is 5.55. The lowest BCUT2D eigenvalue weighted by Gasteiger charge is -1.93. The Kier molecular flexibility index (Phi) is 6.08. The molecule has 0 radical (unpaired) electrons. The molecular formula is C5H11NO2S. The van der Waals surface area contributed by atoms with Gasteiger partial charge in [0.05, 0.1) is 12.0 Å². The van der Waals surface area contributed by atoms with Crippen molar-refractivity contribution in [3.8, 4) is 0 Å². The molecule has 0 aromatic carbocycles. The van der Waals surface area contributed by atoms with Crippen LogP contribution in [0.5, 0.6) is 0 Å². The first-order valence-corrected chi connectivity index (χ1v) is 3.35. The van der Waals surface area contributed by atoms with Crippen molar-refractivity contribution in [3.05, 3.63) is 11.0 Å². The lowest BCUT2D eigenvalue weighted by atomic mass is 10.5. The number of allylic oxidation sites excluding steroid dienone is 1. The fraction of sp³-hybridized carbons (Fsp3) is 0.600. The largest absolute Gasteiger partial charge is 0.316 e. The normalized spacial score (nSPS) is 12.1. The summed E-state index contributed by atoms with van der Waals surface area (Å²) in [5.74, 6) is 0. The lowest BCUT2D eigenvalue weighted by Crippen LogP contribution is -2.04. The van der Waals surface area contributed by atoms with Gasteiger partial charge in [-0.2, -0.15) is 4.33 Å². The van der Waals surface area contributed by atoms with E-state index in [0.717, 1.165) is 23.5 Å². The van der Waals surface area contributed by atoms with Gasteiger partial charge in [-0.1, -0.05) is 6.08 Å². The van der Waals surface area contributed by atoms with Gasteiger partial charge in [0.15, 0.2) is 0 Å². The summed E-state index contributed by atoms with van der Waals surface area (Å²) in [5.41, 5.74) is 0. The average Bonchev–Trinajstić information content (AvgIpc) is 1.85. The molecule has 0 rings (SSSR count). The zero-order valence-corrected chi connectivity index (χ0v) is 6.36. The molecule has 0 aromatic heterocycles. The van der Waals surface area contributed by atoms with Gasteiger partial charge in [-0.25, -0.2) is 5.26 Å². The van der Waals surface area contributed by atoms with E-state index in [1.807, 2.05) is 20.0 Å². The summed E-state index contributed by atoms with van der Waals surface area (Å²) in [6.45, 7) is 2.65. The Morgan fingerprint density at radius 3 is 3.00 bits per heavy atom. The average molecular weight is 149 g/mol. The Balaban J connectivity index is 3.30. The summed E-state index contributed by atoms with van der Waals surface area (Å²) < 4.78 is 3.82. The van der Waals surface area contributed by atoms with Crippen molar-refractivity contribution >= 4 is 12.0 Å². The smallest absolute Gasteiger partial charge is 0.0629 e. The molecule has 54 valence electrons. The lowest BCUT2D eigenvalue weighted by molar-refractivity contribution is -0.115. The molecule has 0 unspecified atom stereocenters. The first kappa shape index (κ1) is 8.97. The minimum Gasteiger partial charge on any atom is -0.316 e. The van der Waals surface area contributed by atoms with Gasteiger partial charge in [0.1, 0.15) is 0 Å². The number of rotatable bonds is 4. The van der Waals surface area contributed by atoms with Gasteiger partial charge in [0.2, 0.25) is 0 Å². The van der Waals surface area contributed by atoms with Crippen LogP contribution in [0, 0.1) is 0 Å². The Labute approximate surface area is 59.2 Å². The molecule has 2 N–H and O–H groups in total. The van der Waals surface area contributed by atoms with Crippen molar-refractivity contribution in [2.24, 2.45) is 0 Å². The maximum absolute atomic E-state index is 7.94. The topological polar surface area (TPSA) is 41.5 Å². The van der Waals surface area contributed by atoms with E-state index < -0.39 is 0 Å². The van der Waals surface area contributed by atoms with Crippen molar-refractivity contribution in [1.29, 1.82) is 0 Å². The van der Waals surface area contributed by atoms with E-state index in [1.165, 1.54) is 0 Å². The second-order valence-electron chi connectivity index (χ2n) is 1.53. The highest BCUT2D eigenvalue weighted by Crippen LogP contribution is 2.12. The van der Waals surface area contributed by atoms with Crippen LogP contribution < -0.4 is 5.32 Å². The Morgan fingerprint density at radius 1 is 1.89 bits per heavy atom. The molecule has 0 saturated carbocycles. The predicted octanol–water partition coefficient (Wildman–Crippen LogP) is 1.25. The molecule has 0 atom stereocenters. The van der Waals surface area contributed by atoms with Crippen molar-refractivity contribution < 1.29 is 9.59 Å². The molecule has 4 heteroatoms. The van der Waals surface area contributed by atoms with Gasteiger partial charge in [-0.05, 0) is 14.0 Å². The Hall–Kier alpha value is -0.0300. The van der Waals surface area contributed by atoms with Crippen LogP contribution in [-0.2, 0) is 4.33 Å². The minimum absolute atomic E-state index is 0.794. The van der Waals surface area contributed by atoms with Crippen LogP contribution >= 0.6 is 12.0 Å². The van der Waals surface area contributed by atoms with Crippen molar-refractivity contribution in [2.45, 2.75) is 6.92 Å². The van der Waals surface area contributed by atoms with E-state index in [4.69, 9.17) is 5.26 Å². The Bertz CT molecular complexity index is 95.0. The van der Waals surface area contributed by atoms with E-state index in [9.17, 15) is 0 Å². The third kappa shape index (κ3) is 5.85. The van der Waals surface area contributed by atoms with Crippen molar-refractivity contribution in [1.82, 2.24) is 5.32 Å². The summed E-state index contributed by atoms with van der Waals surface area (Å²) in [7, 11) is 1.86. The summed E-state index contributed by atoms with van der Waals surface area (Å²) in [6.07, 6.45) is 1.92. The van der Waals surface area contributed by atoms with Gasteiger partial charge < -0.3 is 5.32 Å². The zero-order chi connectivity index (χ0) is 7.11. The van der Waals surface area contributed by atoms with Crippen LogP contribution in [-0.4, -0.2) is 18.8 Å². The van der Waals surface area contributed by atoms with Crippen LogP contribution in [0.15, 0.2) is 11.0 Å². The van der Waals surface area contributed by atoms with Gasteiger partial charge >= 0.3 is 0 Å². The first-order chi connectivity index (χ1) is 4.31.